The van der Waals surface area contributed by atoms with Gasteiger partial charge < -0.3 is 5.11 Å². The van der Waals surface area contributed by atoms with Gasteiger partial charge in [-0.1, -0.05) is 0 Å². The lowest BCUT2D eigenvalue weighted by Gasteiger charge is -2.10. The molecular weight excluding hydrogens is 228 g/mol. The highest BCUT2D eigenvalue weighted by atomic mass is 32.2. The third-order valence-electron chi connectivity index (χ3n) is 2.74. The van der Waals surface area contributed by atoms with E-state index >= 15 is 0 Å². The fourth-order valence-electron chi connectivity index (χ4n) is 1.63. The minimum atomic E-state index is -0.649. The molecule has 0 spiro atoms. The normalized spacial score (nSPS) is 17.6. The Morgan fingerprint density at radius 2 is 2.40 bits per heavy atom. The van der Waals surface area contributed by atoms with Crippen LogP contribution in [-0.4, -0.2) is 16.8 Å². The van der Waals surface area contributed by atoms with Crippen molar-refractivity contribution in [2.45, 2.75) is 25.0 Å². The fourth-order valence-corrected chi connectivity index (χ4v) is 3.75. The zero-order chi connectivity index (χ0) is 10.7. The van der Waals surface area contributed by atoms with Gasteiger partial charge in [-0.15, -0.1) is 0 Å². The van der Waals surface area contributed by atoms with Crippen LogP contribution in [0.2, 0.25) is 0 Å². The SMILES string of the molecule is O=C(O)CC1(CSCc2ccsc2)CC1. The second-order valence-corrected chi connectivity index (χ2v) is 5.96. The zero-order valence-electron chi connectivity index (χ0n) is 8.44. The molecule has 1 heterocycles. The summed E-state index contributed by atoms with van der Waals surface area (Å²) in [4.78, 5) is 10.6. The molecular formula is C11H14O2S2. The number of thioether (sulfide) groups is 1. The van der Waals surface area contributed by atoms with Crippen LogP contribution in [0.25, 0.3) is 0 Å². The fraction of sp³-hybridized carbons (Fsp3) is 0.545. The molecule has 1 aliphatic rings. The van der Waals surface area contributed by atoms with Gasteiger partial charge in [0.2, 0.25) is 0 Å². The minimum absolute atomic E-state index is 0.131. The Labute approximate surface area is 97.7 Å². The molecule has 1 aromatic rings. The molecule has 0 amide bonds. The summed E-state index contributed by atoms with van der Waals surface area (Å²) in [5.41, 5.74) is 1.49. The van der Waals surface area contributed by atoms with Crippen molar-refractivity contribution in [2.24, 2.45) is 5.41 Å². The molecule has 1 aromatic heterocycles. The molecule has 0 saturated heterocycles. The highest BCUT2D eigenvalue weighted by Gasteiger charge is 2.43. The number of aliphatic carboxylic acids is 1. The van der Waals surface area contributed by atoms with E-state index in [1.165, 1.54) is 5.56 Å². The first-order valence-electron chi connectivity index (χ1n) is 5.01. The van der Waals surface area contributed by atoms with Gasteiger partial charge in [0.05, 0.1) is 6.42 Å². The van der Waals surface area contributed by atoms with Crippen LogP contribution in [0.4, 0.5) is 0 Å². The molecule has 0 bridgehead atoms. The summed E-state index contributed by atoms with van der Waals surface area (Å²) in [5, 5.41) is 13.0. The number of hydrogen-bond acceptors (Lipinski definition) is 3. The predicted molar refractivity (Wildman–Crippen MR) is 64.4 cm³/mol. The first-order valence-corrected chi connectivity index (χ1v) is 7.11. The average Bonchev–Trinajstić information content (AvgIpc) is 2.74. The maximum absolute atomic E-state index is 10.6. The summed E-state index contributed by atoms with van der Waals surface area (Å²) in [6, 6.07) is 2.13. The van der Waals surface area contributed by atoms with Crippen LogP contribution in [-0.2, 0) is 10.5 Å². The molecule has 4 heteroatoms. The highest BCUT2D eigenvalue weighted by Crippen LogP contribution is 2.51. The number of carboxylic acid groups (broad SMARTS) is 1. The molecule has 1 saturated carbocycles. The van der Waals surface area contributed by atoms with Crippen molar-refractivity contribution in [1.29, 1.82) is 0 Å². The lowest BCUT2D eigenvalue weighted by molar-refractivity contribution is -0.138. The molecule has 15 heavy (non-hydrogen) atoms. The van der Waals surface area contributed by atoms with Gasteiger partial charge in [-0.05, 0) is 46.4 Å². The molecule has 0 aromatic carbocycles. The first kappa shape index (κ1) is 11.0. The van der Waals surface area contributed by atoms with E-state index in [0.29, 0.717) is 6.42 Å². The summed E-state index contributed by atoms with van der Waals surface area (Å²) in [6.07, 6.45) is 2.54. The number of rotatable bonds is 6. The van der Waals surface area contributed by atoms with E-state index in [9.17, 15) is 4.79 Å². The van der Waals surface area contributed by atoms with E-state index in [0.717, 1.165) is 24.3 Å². The zero-order valence-corrected chi connectivity index (χ0v) is 10.1. The van der Waals surface area contributed by atoms with Crippen molar-refractivity contribution in [1.82, 2.24) is 0 Å². The Morgan fingerprint density at radius 3 is 2.93 bits per heavy atom. The van der Waals surface area contributed by atoms with E-state index in [1.54, 1.807) is 11.3 Å². The molecule has 0 unspecified atom stereocenters. The summed E-state index contributed by atoms with van der Waals surface area (Å²) in [7, 11) is 0. The Bertz CT molecular complexity index is 328. The van der Waals surface area contributed by atoms with Crippen molar-refractivity contribution in [3.63, 3.8) is 0 Å². The molecule has 1 fully saturated rings. The van der Waals surface area contributed by atoms with Gasteiger partial charge in [-0.3, -0.25) is 4.79 Å². The highest BCUT2D eigenvalue weighted by molar-refractivity contribution is 7.98. The minimum Gasteiger partial charge on any atom is -0.481 e. The average molecular weight is 242 g/mol. The standard InChI is InChI=1S/C11H14O2S2/c12-10(13)5-11(2-3-11)8-15-7-9-1-4-14-6-9/h1,4,6H,2-3,5,7-8H2,(H,12,13). The topological polar surface area (TPSA) is 37.3 Å². The number of carbonyl (C=O) groups is 1. The van der Waals surface area contributed by atoms with Crippen LogP contribution < -0.4 is 0 Å². The molecule has 1 aliphatic carbocycles. The Hall–Kier alpha value is -0.480. The lowest BCUT2D eigenvalue weighted by Crippen LogP contribution is -2.11. The summed E-state index contributed by atoms with van der Waals surface area (Å²) < 4.78 is 0. The maximum atomic E-state index is 10.6. The molecule has 1 N–H and O–H groups in total. The smallest absolute Gasteiger partial charge is 0.303 e. The van der Waals surface area contributed by atoms with E-state index in [4.69, 9.17) is 5.11 Å². The molecule has 0 aliphatic heterocycles. The molecule has 2 rings (SSSR count). The molecule has 2 nitrogen and oxygen atoms in total. The molecule has 82 valence electrons. The van der Waals surface area contributed by atoms with Gasteiger partial charge in [0, 0.05) is 5.75 Å². The van der Waals surface area contributed by atoms with Crippen molar-refractivity contribution >= 4 is 29.1 Å². The molecule has 0 radical (unpaired) electrons. The van der Waals surface area contributed by atoms with Crippen LogP contribution in [0.15, 0.2) is 16.8 Å². The predicted octanol–water partition coefficient (Wildman–Crippen LogP) is 3.24. The Morgan fingerprint density at radius 1 is 1.60 bits per heavy atom. The van der Waals surface area contributed by atoms with Gasteiger partial charge in [-0.25, -0.2) is 0 Å². The van der Waals surface area contributed by atoms with E-state index in [1.807, 2.05) is 11.8 Å². The van der Waals surface area contributed by atoms with Gasteiger partial charge in [0.1, 0.15) is 0 Å². The van der Waals surface area contributed by atoms with Crippen LogP contribution in [0.5, 0.6) is 0 Å². The Kier molecular flexibility index (Phi) is 3.36. The number of thiophene rings is 1. The van der Waals surface area contributed by atoms with Crippen LogP contribution in [0, 0.1) is 5.41 Å². The van der Waals surface area contributed by atoms with Crippen molar-refractivity contribution in [2.75, 3.05) is 5.75 Å². The number of carboxylic acids is 1. The first-order chi connectivity index (χ1) is 7.20. The second kappa shape index (κ2) is 4.58. The summed E-state index contributed by atoms with van der Waals surface area (Å²) >= 11 is 3.58. The van der Waals surface area contributed by atoms with Gasteiger partial charge in [0.25, 0.3) is 0 Å². The van der Waals surface area contributed by atoms with Gasteiger partial charge in [-0.2, -0.15) is 23.1 Å². The van der Waals surface area contributed by atoms with E-state index in [-0.39, 0.29) is 5.41 Å². The van der Waals surface area contributed by atoms with Crippen molar-refractivity contribution < 1.29 is 9.90 Å². The monoisotopic (exact) mass is 242 g/mol. The third-order valence-corrected chi connectivity index (χ3v) is 4.83. The van der Waals surface area contributed by atoms with Crippen molar-refractivity contribution in [3.8, 4) is 0 Å². The van der Waals surface area contributed by atoms with E-state index < -0.39 is 5.97 Å². The number of hydrogen-bond donors (Lipinski definition) is 1. The quantitative estimate of drug-likeness (QED) is 0.832. The van der Waals surface area contributed by atoms with Crippen LogP contribution >= 0.6 is 23.1 Å². The van der Waals surface area contributed by atoms with Gasteiger partial charge >= 0.3 is 5.97 Å². The van der Waals surface area contributed by atoms with Gasteiger partial charge in [0.15, 0.2) is 0 Å². The molecule has 0 atom stereocenters. The third kappa shape index (κ3) is 3.24. The second-order valence-electron chi connectivity index (χ2n) is 4.19. The summed E-state index contributed by atoms with van der Waals surface area (Å²) in [6.45, 7) is 0. The van der Waals surface area contributed by atoms with Crippen LogP contribution in [0.1, 0.15) is 24.8 Å². The van der Waals surface area contributed by atoms with Crippen LogP contribution in [0.3, 0.4) is 0 Å². The maximum Gasteiger partial charge on any atom is 0.303 e. The van der Waals surface area contributed by atoms with E-state index in [2.05, 4.69) is 16.8 Å². The van der Waals surface area contributed by atoms with Crippen molar-refractivity contribution in [3.05, 3.63) is 22.4 Å². The Balaban J connectivity index is 1.72. The lowest BCUT2D eigenvalue weighted by atomic mass is 10.1. The largest absolute Gasteiger partial charge is 0.481 e. The summed E-state index contributed by atoms with van der Waals surface area (Å²) in [5.74, 6) is 1.36.